The highest BCUT2D eigenvalue weighted by molar-refractivity contribution is 7.71. The molecule has 3 heterocycles. The van der Waals surface area contributed by atoms with E-state index in [1.807, 2.05) is 35.0 Å². The van der Waals surface area contributed by atoms with Crippen LogP contribution in [-0.4, -0.2) is 19.7 Å². The van der Waals surface area contributed by atoms with Gasteiger partial charge in [0.25, 0.3) is 0 Å². The monoisotopic (exact) mass is 322 g/mol. The number of fused-ring (bicyclic) bond motifs is 1. The molecule has 3 aromatic heterocycles. The molecule has 0 aromatic carbocycles. The number of hydrogen-bond donors (Lipinski definition) is 0. The van der Waals surface area contributed by atoms with Crippen LogP contribution < -0.4 is 0 Å². The Balaban J connectivity index is 1.98. The first-order valence-electron chi connectivity index (χ1n) is 8.13. The fraction of sp³-hybridized carbons (Fsp3) is 0.333. The zero-order valence-corrected chi connectivity index (χ0v) is 13.7. The molecule has 0 amide bonds. The van der Waals surface area contributed by atoms with Gasteiger partial charge in [-0.05, 0) is 37.1 Å². The molecule has 0 aliphatic heterocycles. The van der Waals surface area contributed by atoms with Crippen LogP contribution in [0.5, 0.6) is 0 Å². The van der Waals surface area contributed by atoms with Crippen molar-refractivity contribution in [3.05, 3.63) is 47.4 Å². The van der Waals surface area contributed by atoms with Crippen molar-refractivity contribution in [2.24, 2.45) is 0 Å². The SMILES string of the molecule is S=c1c2ncccc2c(-c2ccccn2)nn1C1CCCCC1. The van der Waals surface area contributed by atoms with E-state index in [1.54, 1.807) is 12.4 Å². The maximum absolute atomic E-state index is 5.70. The molecule has 0 radical (unpaired) electrons. The predicted octanol–water partition coefficient (Wildman–Crippen LogP) is 4.73. The summed E-state index contributed by atoms with van der Waals surface area (Å²) in [7, 11) is 0. The first kappa shape index (κ1) is 14.5. The second kappa shape index (κ2) is 6.16. The van der Waals surface area contributed by atoms with Crippen molar-refractivity contribution >= 4 is 23.1 Å². The van der Waals surface area contributed by atoms with Crippen LogP contribution >= 0.6 is 12.2 Å². The zero-order chi connectivity index (χ0) is 15.6. The van der Waals surface area contributed by atoms with E-state index in [2.05, 4.69) is 9.97 Å². The summed E-state index contributed by atoms with van der Waals surface area (Å²) >= 11 is 5.70. The summed E-state index contributed by atoms with van der Waals surface area (Å²) in [5.74, 6) is 0. The lowest BCUT2D eigenvalue weighted by atomic mass is 9.95. The first-order chi connectivity index (χ1) is 11.3. The molecule has 1 aliphatic rings. The molecule has 0 atom stereocenters. The Bertz CT molecular complexity index is 882. The van der Waals surface area contributed by atoms with Crippen LogP contribution in [0.1, 0.15) is 38.1 Å². The molecule has 0 bridgehead atoms. The molecule has 5 heteroatoms. The summed E-state index contributed by atoms with van der Waals surface area (Å²) in [5.41, 5.74) is 2.58. The van der Waals surface area contributed by atoms with Crippen molar-refractivity contribution in [3.63, 3.8) is 0 Å². The quantitative estimate of drug-likeness (QED) is 0.640. The van der Waals surface area contributed by atoms with Crippen LogP contribution in [0.3, 0.4) is 0 Å². The topological polar surface area (TPSA) is 43.6 Å². The average molecular weight is 322 g/mol. The van der Waals surface area contributed by atoms with Crippen LogP contribution in [0.4, 0.5) is 0 Å². The lowest BCUT2D eigenvalue weighted by Crippen LogP contribution is -2.18. The van der Waals surface area contributed by atoms with E-state index in [1.165, 1.54) is 19.3 Å². The van der Waals surface area contributed by atoms with Crippen LogP contribution in [0.2, 0.25) is 0 Å². The molecule has 4 rings (SSSR count). The van der Waals surface area contributed by atoms with Gasteiger partial charge in [-0.1, -0.05) is 37.5 Å². The van der Waals surface area contributed by atoms with Gasteiger partial charge in [-0.2, -0.15) is 5.10 Å². The van der Waals surface area contributed by atoms with E-state index in [0.717, 1.165) is 39.8 Å². The third-order valence-corrected chi connectivity index (χ3v) is 4.89. The average Bonchev–Trinajstić information content (AvgIpc) is 2.64. The molecule has 0 saturated heterocycles. The molecule has 1 fully saturated rings. The molecule has 0 unspecified atom stereocenters. The van der Waals surface area contributed by atoms with Crippen LogP contribution in [-0.2, 0) is 0 Å². The Hall–Kier alpha value is -2.14. The van der Waals surface area contributed by atoms with Crippen LogP contribution in [0.25, 0.3) is 22.3 Å². The van der Waals surface area contributed by atoms with E-state index in [0.29, 0.717) is 6.04 Å². The summed E-state index contributed by atoms with van der Waals surface area (Å²) in [5, 5.41) is 5.88. The van der Waals surface area contributed by atoms with E-state index in [4.69, 9.17) is 17.3 Å². The number of pyridine rings is 2. The van der Waals surface area contributed by atoms with Crippen molar-refractivity contribution in [1.29, 1.82) is 0 Å². The maximum Gasteiger partial charge on any atom is 0.149 e. The molecule has 23 heavy (non-hydrogen) atoms. The zero-order valence-electron chi connectivity index (χ0n) is 12.9. The van der Waals surface area contributed by atoms with Gasteiger partial charge in [0.2, 0.25) is 0 Å². The first-order valence-corrected chi connectivity index (χ1v) is 8.54. The normalized spacial score (nSPS) is 15.8. The van der Waals surface area contributed by atoms with Gasteiger partial charge in [-0.25, -0.2) is 4.68 Å². The van der Waals surface area contributed by atoms with Crippen LogP contribution in [0, 0.1) is 4.64 Å². The highest BCUT2D eigenvalue weighted by atomic mass is 32.1. The highest BCUT2D eigenvalue weighted by Crippen LogP contribution is 2.31. The summed E-state index contributed by atoms with van der Waals surface area (Å²) in [6, 6.07) is 10.2. The number of hydrogen-bond acceptors (Lipinski definition) is 4. The molecule has 3 aromatic rings. The maximum atomic E-state index is 5.70. The molecule has 0 N–H and O–H groups in total. The molecule has 4 nitrogen and oxygen atoms in total. The Morgan fingerprint density at radius 2 is 1.78 bits per heavy atom. The van der Waals surface area contributed by atoms with E-state index in [-0.39, 0.29) is 0 Å². The Labute approximate surface area is 140 Å². The van der Waals surface area contributed by atoms with Gasteiger partial charge in [0.05, 0.1) is 11.7 Å². The van der Waals surface area contributed by atoms with E-state index >= 15 is 0 Å². The van der Waals surface area contributed by atoms with Gasteiger partial charge >= 0.3 is 0 Å². The Morgan fingerprint density at radius 3 is 2.57 bits per heavy atom. The van der Waals surface area contributed by atoms with Crippen molar-refractivity contribution in [2.75, 3.05) is 0 Å². The lowest BCUT2D eigenvalue weighted by molar-refractivity contribution is 0.324. The number of aromatic nitrogens is 4. The second-order valence-corrected chi connectivity index (χ2v) is 6.39. The van der Waals surface area contributed by atoms with Crippen molar-refractivity contribution in [1.82, 2.24) is 19.7 Å². The van der Waals surface area contributed by atoms with Gasteiger partial charge in [0.1, 0.15) is 15.9 Å². The summed E-state index contributed by atoms with van der Waals surface area (Å²) < 4.78 is 2.76. The minimum atomic E-state index is 0.380. The van der Waals surface area contributed by atoms with Gasteiger partial charge in [0, 0.05) is 17.8 Å². The van der Waals surface area contributed by atoms with Gasteiger partial charge in [-0.15, -0.1) is 0 Å². The highest BCUT2D eigenvalue weighted by Gasteiger charge is 2.20. The molecule has 116 valence electrons. The lowest BCUT2D eigenvalue weighted by Gasteiger charge is -2.24. The molecule has 0 spiro atoms. The van der Waals surface area contributed by atoms with Crippen molar-refractivity contribution in [3.8, 4) is 11.4 Å². The Kier molecular flexibility index (Phi) is 3.87. The minimum Gasteiger partial charge on any atom is -0.255 e. The summed E-state index contributed by atoms with van der Waals surface area (Å²) in [6.07, 6.45) is 9.67. The second-order valence-electron chi connectivity index (χ2n) is 6.00. The standard InChI is InChI=1S/C18H18N4S/c23-18-17-14(9-6-12-20-17)16(15-10-4-5-11-19-15)21-22(18)13-7-2-1-3-8-13/h4-6,9-13H,1-3,7-8H2. The number of rotatable bonds is 2. The summed E-state index contributed by atoms with van der Waals surface area (Å²) in [4.78, 5) is 9.01. The fourth-order valence-corrected chi connectivity index (χ4v) is 3.70. The largest absolute Gasteiger partial charge is 0.255 e. The minimum absolute atomic E-state index is 0.380. The molecular weight excluding hydrogens is 304 g/mol. The Morgan fingerprint density at radius 1 is 0.957 bits per heavy atom. The van der Waals surface area contributed by atoms with Crippen molar-refractivity contribution < 1.29 is 0 Å². The fourth-order valence-electron chi connectivity index (χ4n) is 3.35. The van der Waals surface area contributed by atoms with Crippen molar-refractivity contribution in [2.45, 2.75) is 38.1 Å². The third-order valence-electron chi connectivity index (χ3n) is 4.51. The smallest absolute Gasteiger partial charge is 0.149 e. The van der Waals surface area contributed by atoms with Crippen LogP contribution in [0.15, 0.2) is 42.7 Å². The predicted molar refractivity (Wildman–Crippen MR) is 93.7 cm³/mol. The van der Waals surface area contributed by atoms with Gasteiger partial charge in [0.15, 0.2) is 0 Å². The molecule has 1 saturated carbocycles. The van der Waals surface area contributed by atoms with Gasteiger partial charge < -0.3 is 0 Å². The number of nitrogens with zero attached hydrogens (tertiary/aromatic N) is 4. The molecular formula is C18H18N4S. The van der Waals surface area contributed by atoms with Gasteiger partial charge in [-0.3, -0.25) is 9.97 Å². The van der Waals surface area contributed by atoms with E-state index < -0.39 is 0 Å². The summed E-state index contributed by atoms with van der Waals surface area (Å²) in [6.45, 7) is 0. The van der Waals surface area contributed by atoms with E-state index in [9.17, 15) is 0 Å². The molecule has 1 aliphatic carbocycles. The third kappa shape index (κ3) is 2.65.